The summed E-state index contributed by atoms with van der Waals surface area (Å²) in [6.45, 7) is 0. The summed E-state index contributed by atoms with van der Waals surface area (Å²) in [6.07, 6.45) is -4.60. The van der Waals surface area contributed by atoms with Crippen molar-refractivity contribution in [2.75, 3.05) is 0 Å². The number of halogens is 4. The third kappa shape index (κ3) is 3.84. The fourth-order valence-electron chi connectivity index (χ4n) is 0.994. The maximum Gasteiger partial charge on any atom is 0.410 e. The second-order valence-corrected chi connectivity index (χ2v) is 3.20. The van der Waals surface area contributed by atoms with Crippen LogP contribution in [0.15, 0.2) is 35.5 Å². The Kier molecular flexibility index (Phi) is 3.82. The lowest BCUT2D eigenvalue weighted by Crippen LogP contribution is -2.02. The molecule has 0 amide bonds. The first-order chi connectivity index (χ1) is 7.42. The van der Waals surface area contributed by atoms with Crippen LogP contribution in [0.5, 0.6) is 0 Å². The molecule has 1 aromatic rings. The van der Waals surface area contributed by atoms with Crippen LogP contribution >= 0.6 is 11.6 Å². The molecule has 0 unspecified atom stereocenters. The van der Waals surface area contributed by atoms with Gasteiger partial charge >= 0.3 is 6.18 Å². The zero-order valence-corrected chi connectivity index (χ0v) is 8.50. The molecule has 0 aliphatic rings. The van der Waals surface area contributed by atoms with Crippen LogP contribution in [-0.2, 0) is 0 Å². The van der Waals surface area contributed by atoms with E-state index in [-0.39, 0.29) is 11.6 Å². The second kappa shape index (κ2) is 4.92. The lowest BCUT2D eigenvalue weighted by molar-refractivity contribution is -0.0794. The molecule has 0 aliphatic carbocycles. The first-order valence-corrected chi connectivity index (χ1v) is 4.41. The molecule has 0 radical (unpaired) electrons. The van der Waals surface area contributed by atoms with Crippen molar-refractivity contribution < 1.29 is 13.2 Å². The van der Waals surface area contributed by atoms with Crippen LogP contribution in [0.2, 0.25) is 5.02 Å². The smallest absolute Gasteiger partial charge is 0.167 e. The lowest BCUT2D eigenvalue weighted by atomic mass is 10.1. The minimum absolute atomic E-state index is 0.0596. The van der Waals surface area contributed by atoms with Gasteiger partial charge in [-0.1, -0.05) is 28.8 Å². The maximum absolute atomic E-state index is 12.1. The van der Waals surface area contributed by atoms with Crippen molar-refractivity contribution in [3.05, 3.63) is 51.4 Å². The molecule has 0 saturated carbocycles. The molecule has 1 rings (SSSR count). The van der Waals surface area contributed by atoms with Gasteiger partial charge < -0.3 is 0 Å². The first kappa shape index (κ1) is 12.4. The van der Waals surface area contributed by atoms with Crippen LogP contribution in [0.3, 0.4) is 0 Å². The number of hydrogen-bond donors (Lipinski definition) is 0. The van der Waals surface area contributed by atoms with E-state index in [9.17, 15) is 13.2 Å². The molecule has 0 aliphatic heterocycles. The molecule has 0 fully saturated rings. The van der Waals surface area contributed by atoms with Crippen LogP contribution in [0.25, 0.3) is 16.1 Å². The molecule has 1 aromatic carbocycles. The third-order valence-electron chi connectivity index (χ3n) is 1.59. The van der Waals surface area contributed by atoms with Crippen molar-refractivity contribution in [3.63, 3.8) is 0 Å². The van der Waals surface area contributed by atoms with E-state index in [2.05, 4.69) is 10.0 Å². The van der Waals surface area contributed by atoms with Gasteiger partial charge in [0.25, 0.3) is 0 Å². The summed E-state index contributed by atoms with van der Waals surface area (Å²) in [6, 6.07) is 5.51. The average Bonchev–Trinajstić information content (AvgIpc) is 2.16. The highest BCUT2D eigenvalue weighted by atomic mass is 35.5. The van der Waals surface area contributed by atoms with Gasteiger partial charge in [-0.3, -0.25) is 0 Å². The topological polar surface area (TPSA) is 48.8 Å². The van der Waals surface area contributed by atoms with Crippen molar-refractivity contribution in [1.82, 2.24) is 0 Å². The fourth-order valence-corrected chi connectivity index (χ4v) is 1.12. The summed E-state index contributed by atoms with van der Waals surface area (Å²) in [5.41, 5.74) is 7.83. The first-order valence-electron chi connectivity index (χ1n) is 4.03. The molecular weight excluding hydrogens is 243 g/mol. The number of hydrogen-bond acceptors (Lipinski definition) is 1. The van der Waals surface area contributed by atoms with Gasteiger partial charge in [0.1, 0.15) is 0 Å². The van der Waals surface area contributed by atoms with E-state index < -0.39 is 11.9 Å². The molecule has 0 spiro atoms. The van der Waals surface area contributed by atoms with Crippen molar-refractivity contribution in [2.45, 2.75) is 6.18 Å². The van der Waals surface area contributed by atoms with E-state index in [1.165, 1.54) is 24.3 Å². The van der Waals surface area contributed by atoms with Crippen LogP contribution in [0.4, 0.5) is 13.2 Å². The predicted octanol–water partition coefficient (Wildman–Crippen LogP) is 4.55. The highest BCUT2D eigenvalue weighted by Gasteiger charge is 2.24. The molecule has 0 saturated heterocycles. The molecular formula is C9H5ClF3N3. The Bertz CT molecular complexity index is 444. The van der Waals surface area contributed by atoms with E-state index in [4.69, 9.17) is 17.1 Å². The summed E-state index contributed by atoms with van der Waals surface area (Å²) in [5, 5.41) is 3.37. The van der Waals surface area contributed by atoms with Gasteiger partial charge in [-0.05, 0) is 23.2 Å². The summed E-state index contributed by atoms with van der Waals surface area (Å²) >= 11 is 5.58. The van der Waals surface area contributed by atoms with E-state index in [1.807, 2.05) is 0 Å². The van der Waals surface area contributed by atoms with Gasteiger partial charge in [-0.15, -0.1) is 0 Å². The number of allylic oxidation sites excluding steroid dienone is 1. The van der Waals surface area contributed by atoms with Crippen LogP contribution < -0.4 is 0 Å². The Labute approximate surface area is 93.8 Å². The number of alkyl halides is 3. The van der Waals surface area contributed by atoms with Gasteiger partial charge in [0, 0.05) is 21.7 Å². The second-order valence-electron chi connectivity index (χ2n) is 2.77. The zero-order valence-electron chi connectivity index (χ0n) is 7.74. The summed E-state index contributed by atoms with van der Waals surface area (Å²) < 4.78 is 36.3. The number of rotatable bonds is 2. The minimum atomic E-state index is -4.54. The van der Waals surface area contributed by atoms with E-state index >= 15 is 0 Å². The van der Waals surface area contributed by atoms with Gasteiger partial charge in [-0.2, -0.15) is 13.2 Å². The van der Waals surface area contributed by atoms with Gasteiger partial charge in [0.2, 0.25) is 0 Å². The highest BCUT2D eigenvalue weighted by molar-refractivity contribution is 6.30. The average molecular weight is 248 g/mol. The van der Waals surface area contributed by atoms with Crippen molar-refractivity contribution in [2.24, 2.45) is 5.11 Å². The van der Waals surface area contributed by atoms with Gasteiger partial charge in [0.05, 0.1) is 0 Å². The van der Waals surface area contributed by atoms with E-state index in [1.54, 1.807) is 0 Å². The van der Waals surface area contributed by atoms with Crippen molar-refractivity contribution in [3.8, 4) is 0 Å². The Morgan fingerprint density at radius 2 is 1.88 bits per heavy atom. The summed E-state index contributed by atoms with van der Waals surface area (Å²) in [4.78, 5) is 2.34. The standard InChI is InChI=1S/C9H5ClF3N3/c10-7-3-1-6(2-4-7)8(15-16-14)5-9(11,12)13/h1-5H/b8-5-. The highest BCUT2D eigenvalue weighted by Crippen LogP contribution is 2.25. The molecule has 0 aromatic heterocycles. The number of nitrogens with zero attached hydrogens (tertiary/aromatic N) is 3. The third-order valence-corrected chi connectivity index (χ3v) is 1.84. The molecule has 0 atom stereocenters. The van der Waals surface area contributed by atoms with Gasteiger partial charge in [0.15, 0.2) is 0 Å². The molecule has 0 heterocycles. The maximum atomic E-state index is 12.1. The van der Waals surface area contributed by atoms with E-state index in [0.29, 0.717) is 5.02 Å². The number of benzene rings is 1. The van der Waals surface area contributed by atoms with Gasteiger partial charge in [-0.25, -0.2) is 0 Å². The summed E-state index contributed by atoms with van der Waals surface area (Å²) in [5.74, 6) is 0. The Morgan fingerprint density at radius 1 is 1.31 bits per heavy atom. The van der Waals surface area contributed by atoms with Crippen molar-refractivity contribution >= 4 is 17.3 Å². The predicted molar refractivity (Wildman–Crippen MR) is 54.6 cm³/mol. The van der Waals surface area contributed by atoms with Crippen LogP contribution in [0, 0.1) is 0 Å². The number of azide groups is 1. The lowest BCUT2D eigenvalue weighted by Gasteiger charge is -2.04. The van der Waals surface area contributed by atoms with E-state index in [0.717, 1.165) is 0 Å². The minimum Gasteiger partial charge on any atom is -0.167 e. The van der Waals surface area contributed by atoms with Crippen LogP contribution in [0.1, 0.15) is 5.56 Å². The largest absolute Gasteiger partial charge is 0.410 e. The molecule has 84 valence electrons. The Morgan fingerprint density at radius 3 is 2.31 bits per heavy atom. The molecule has 0 bridgehead atoms. The normalized spacial score (nSPS) is 12.1. The zero-order chi connectivity index (χ0) is 12.2. The quantitative estimate of drug-likeness (QED) is 0.418. The monoisotopic (exact) mass is 247 g/mol. The van der Waals surface area contributed by atoms with Crippen LogP contribution in [-0.4, -0.2) is 6.18 Å². The fraction of sp³-hybridized carbons (Fsp3) is 0.111. The molecule has 7 heteroatoms. The summed E-state index contributed by atoms with van der Waals surface area (Å²) in [7, 11) is 0. The molecule has 0 N–H and O–H groups in total. The Hall–Kier alpha value is -1.65. The Balaban J connectivity index is 3.18. The van der Waals surface area contributed by atoms with Crippen molar-refractivity contribution in [1.29, 1.82) is 0 Å². The molecule has 16 heavy (non-hydrogen) atoms. The SMILES string of the molecule is [N-]=[N+]=N/C(=C\C(F)(F)F)c1ccc(Cl)cc1. The molecule has 3 nitrogen and oxygen atoms in total.